The topological polar surface area (TPSA) is 67.2 Å². The summed E-state index contributed by atoms with van der Waals surface area (Å²) in [6.07, 6.45) is -3.11. The number of piperidine rings is 1. The van der Waals surface area contributed by atoms with E-state index in [-0.39, 0.29) is 11.2 Å². The maximum absolute atomic E-state index is 12.6. The molecule has 8 heteroatoms. The van der Waals surface area contributed by atoms with E-state index in [0.717, 1.165) is 38.1 Å². The van der Waals surface area contributed by atoms with Crippen LogP contribution < -0.4 is 10.6 Å². The van der Waals surface area contributed by atoms with Gasteiger partial charge in [0, 0.05) is 11.6 Å². The number of benzene rings is 1. The maximum atomic E-state index is 12.6. The molecule has 0 atom stereocenters. The van der Waals surface area contributed by atoms with Crippen LogP contribution in [0, 0.1) is 10.1 Å². The highest BCUT2D eigenvalue weighted by Gasteiger charge is 2.34. The molecule has 1 heterocycles. The van der Waals surface area contributed by atoms with E-state index in [1.165, 1.54) is 0 Å². The van der Waals surface area contributed by atoms with Crippen molar-refractivity contribution in [2.24, 2.45) is 0 Å². The number of anilines is 1. The molecule has 1 saturated heterocycles. The highest BCUT2D eigenvalue weighted by atomic mass is 19.4. The molecule has 0 aliphatic carbocycles. The third-order valence-corrected chi connectivity index (χ3v) is 3.67. The zero-order valence-corrected chi connectivity index (χ0v) is 11.5. The largest absolute Gasteiger partial charge is 0.416 e. The van der Waals surface area contributed by atoms with Crippen molar-refractivity contribution in [1.82, 2.24) is 5.32 Å². The average molecular weight is 303 g/mol. The summed E-state index contributed by atoms with van der Waals surface area (Å²) in [5, 5.41) is 17.2. The highest BCUT2D eigenvalue weighted by Crippen LogP contribution is 2.36. The molecule has 0 amide bonds. The Hall–Kier alpha value is -1.83. The van der Waals surface area contributed by atoms with Gasteiger partial charge in [-0.15, -0.1) is 0 Å². The summed E-state index contributed by atoms with van der Waals surface area (Å²) < 4.78 is 37.9. The Balaban J connectivity index is 2.33. The van der Waals surface area contributed by atoms with Gasteiger partial charge in [0.2, 0.25) is 0 Å². The van der Waals surface area contributed by atoms with Crippen LogP contribution in [0.25, 0.3) is 0 Å². The molecular weight excluding hydrogens is 287 g/mol. The van der Waals surface area contributed by atoms with Crippen LogP contribution in [0.5, 0.6) is 0 Å². The van der Waals surface area contributed by atoms with Crippen molar-refractivity contribution in [3.8, 4) is 0 Å². The van der Waals surface area contributed by atoms with Crippen molar-refractivity contribution in [2.75, 3.05) is 18.4 Å². The number of hydrogen-bond acceptors (Lipinski definition) is 4. The van der Waals surface area contributed by atoms with Gasteiger partial charge in [0.05, 0.1) is 10.5 Å². The standard InChI is InChI=1S/C13H16F3N3O2/c1-12(4-6-17-7-5-12)18-10-3-2-9(13(14,15)16)8-11(10)19(20)21/h2-3,8,17-18H,4-7H2,1H3. The molecule has 1 aromatic carbocycles. The Bertz CT molecular complexity index is 540. The minimum Gasteiger partial charge on any atom is -0.374 e. The predicted octanol–water partition coefficient (Wildman–Crippen LogP) is 3.17. The van der Waals surface area contributed by atoms with Crippen LogP contribution in [0.1, 0.15) is 25.3 Å². The second-order valence-electron chi connectivity index (χ2n) is 5.42. The van der Waals surface area contributed by atoms with Crippen LogP contribution >= 0.6 is 0 Å². The van der Waals surface area contributed by atoms with Gasteiger partial charge < -0.3 is 10.6 Å². The number of rotatable bonds is 3. The Morgan fingerprint density at radius 3 is 2.48 bits per heavy atom. The molecule has 1 aliphatic rings. The molecule has 2 rings (SSSR count). The molecule has 0 aromatic heterocycles. The van der Waals surface area contributed by atoms with Gasteiger partial charge in [-0.3, -0.25) is 10.1 Å². The average Bonchev–Trinajstić information content (AvgIpc) is 2.38. The lowest BCUT2D eigenvalue weighted by Gasteiger charge is -2.35. The van der Waals surface area contributed by atoms with Crippen LogP contribution in [0.15, 0.2) is 18.2 Å². The molecule has 0 unspecified atom stereocenters. The first-order valence-corrected chi connectivity index (χ1v) is 6.56. The molecule has 116 valence electrons. The van der Waals surface area contributed by atoms with Crippen LogP contribution in [0.3, 0.4) is 0 Å². The van der Waals surface area contributed by atoms with E-state index in [2.05, 4.69) is 10.6 Å². The lowest BCUT2D eigenvalue weighted by Crippen LogP contribution is -2.45. The Labute approximate surface area is 119 Å². The lowest BCUT2D eigenvalue weighted by atomic mass is 9.90. The van der Waals surface area contributed by atoms with E-state index in [4.69, 9.17) is 0 Å². The van der Waals surface area contributed by atoms with Gasteiger partial charge in [0.15, 0.2) is 0 Å². The first-order chi connectivity index (χ1) is 9.71. The molecule has 0 spiro atoms. The minimum absolute atomic E-state index is 0.123. The van der Waals surface area contributed by atoms with E-state index < -0.39 is 22.4 Å². The molecule has 2 N–H and O–H groups in total. The summed E-state index contributed by atoms with van der Waals surface area (Å²) in [5.74, 6) is 0. The van der Waals surface area contributed by atoms with Gasteiger partial charge >= 0.3 is 6.18 Å². The normalized spacial score (nSPS) is 18.3. The number of nitrogens with zero attached hydrogens (tertiary/aromatic N) is 1. The summed E-state index contributed by atoms with van der Waals surface area (Å²) in [7, 11) is 0. The zero-order valence-electron chi connectivity index (χ0n) is 11.5. The van der Waals surface area contributed by atoms with Gasteiger partial charge in [0.1, 0.15) is 5.69 Å². The molecule has 1 aromatic rings. The molecule has 0 saturated carbocycles. The second kappa shape index (κ2) is 5.51. The number of hydrogen-bond donors (Lipinski definition) is 2. The fourth-order valence-corrected chi connectivity index (χ4v) is 2.39. The third-order valence-electron chi connectivity index (χ3n) is 3.67. The van der Waals surface area contributed by atoms with Crippen LogP contribution in [-0.2, 0) is 6.18 Å². The predicted molar refractivity (Wildman–Crippen MR) is 72.2 cm³/mol. The summed E-state index contributed by atoms with van der Waals surface area (Å²) in [5.41, 5.74) is -1.81. The summed E-state index contributed by atoms with van der Waals surface area (Å²) in [4.78, 5) is 10.2. The van der Waals surface area contributed by atoms with Gasteiger partial charge in [-0.05, 0) is 45.0 Å². The van der Waals surface area contributed by atoms with Crippen LogP contribution in [-0.4, -0.2) is 23.6 Å². The minimum atomic E-state index is -4.60. The van der Waals surface area contributed by atoms with Crippen molar-refractivity contribution in [3.63, 3.8) is 0 Å². The van der Waals surface area contributed by atoms with E-state index in [9.17, 15) is 23.3 Å². The molecular formula is C13H16F3N3O2. The summed E-state index contributed by atoms with van der Waals surface area (Å²) >= 11 is 0. The monoisotopic (exact) mass is 303 g/mol. The zero-order chi connectivity index (χ0) is 15.7. The van der Waals surface area contributed by atoms with Crippen molar-refractivity contribution in [2.45, 2.75) is 31.5 Å². The van der Waals surface area contributed by atoms with E-state index in [0.29, 0.717) is 6.07 Å². The van der Waals surface area contributed by atoms with Crippen LogP contribution in [0.4, 0.5) is 24.5 Å². The quantitative estimate of drug-likeness (QED) is 0.665. The SMILES string of the molecule is CC1(Nc2ccc(C(F)(F)F)cc2[N+](=O)[O-])CCNCC1. The first kappa shape index (κ1) is 15.6. The molecule has 21 heavy (non-hydrogen) atoms. The molecule has 0 bridgehead atoms. The van der Waals surface area contributed by atoms with E-state index in [1.807, 2.05) is 6.92 Å². The van der Waals surface area contributed by atoms with Crippen molar-refractivity contribution in [3.05, 3.63) is 33.9 Å². The Morgan fingerprint density at radius 2 is 1.95 bits per heavy atom. The fourth-order valence-electron chi connectivity index (χ4n) is 2.39. The maximum Gasteiger partial charge on any atom is 0.416 e. The van der Waals surface area contributed by atoms with Gasteiger partial charge in [-0.1, -0.05) is 0 Å². The Kier molecular flexibility index (Phi) is 4.08. The number of halogens is 3. The van der Waals surface area contributed by atoms with Gasteiger partial charge in [0.25, 0.3) is 5.69 Å². The van der Waals surface area contributed by atoms with Crippen molar-refractivity contribution >= 4 is 11.4 Å². The van der Waals surface area contributed by atoms with E-state index in [1.54, 1.807) is 0 Å². The summed E-state index contributed by atoms with van der Waals surface area (Å²) in [6, 6.07) is 2.57. The fraction of sp³-hybridized carbons (Fsp3) is 0.538. The third kappa shape index (κ3) is 3.63. The highest BCUT2D eigenvalue weighted by molar-refractivity contribution is 5.64. The molecule has 1 aliphatic heterocycles. The van der Waals surface area contributed by atoms with Gasteiger partial charge in [-0.2, -0.15) is 13.2 Å². The smallest absolute Gasteiger partial charge is 0.374 e. The number of nitrogens with one attached hydrogen (secondary N) is 2. The molecule has 5 nitrogen and oxygen atoms in total. The lowest BCUT2D eigenvalue weighted by molar-refractivity contribution is -0.384. The number of nitro groups is 1. The second-order valence-corrected chi connectivity index (χ2v) is 5.42. The van der Waals surface area contributed by atoms with Crippen molar-refractivity contribution in [1.29, 1.82) is 0 Å². The first-order valence-electron chi connectivity index (χ1n) is 6.56. The van der Waals surface area contributed by atoms with Gasteiger partial charge in [-0.25, -0.2) is 0 Å². The number of nitro benzene ring substituents is 1. The number of alkyl halides is 3. The Morgan fingerprint density at radius 1 is 1.33 bits per heavy atom. The van der Waals surface area contributed by atoms with Crippen molar-refractivity contribution < 1.29 is 18.1 Å². The van der Waals surface area contributed by atoms with Crippen LogP contribution in [0.2, 0.25) is 0 Å². The molecule has 1 fully saturated rings. The van der Waals surface area contributed by atoms with E-state index >= 15 is 0 Å². The molecule has 0 radical (unpaired) electrons. The summed E-state index contributed by atoms with van der Waals surface area (Å²) in [6.45, 7) is 3.44.